The van der Waals surface area contributed by atoms with Gasteiger partial charge in [0, 0.05) is 10.5 Å². The first kappa shape index (κ1) is 12.0. The molecule has 2 nitrogen and oxygen atoms in total. The van der Waals surface area contributed by atoms with Crippen LogP contribution in [-0.4, -0.2) is 6.04 Å². The minimum Gasteiger partial charge on any atom is -0.271 e. The highest BCUT2D eigenvalue weighted by molar-refractivity contribution is 9.10. The normalized spacial score (nSPS) is 18.2. The smallest absolute Gasteiger partial charge is 0.127 e. The van der Waals surface area contributed by atoms with Crippen LogP contribution in [0.2, 0.25) is 0 Å². The van der Waals surface area contributed by atoms with Crippen LogP contribution in [0.25, 0.3) is 0 Å². The average Bonchev–Trinajstić information content (AvgIpc) is 2.18. The maximum absolute atomic E-state index is 13.6. The van der Waals surface area contributed by atoms with Gasteiger partial charge in [-0.2, -0.15) is 0 Å². The van der Waals surface area contributed by atoms with Crippen molar-refractivity contribution >= 4 is 15.9 Å². The minimum absolute atomic E-state index is 0.158. The van der Waals surface area contributed by atoms with Crippen molar-refractivity contribution in [2.75, 3.05) is 0 Å². The van der Waals surface area contributed by atoms with Gasteiger partial charge in [0.05, 0.1) is 0 Å². The van der Waals surface area contributed by atoms with E-state index < -0.39 is 0 Å². The molecule has 1 fully saturated rings. The van der Waals surface area contributed by atoms with Gasteiger partial charge in [-0.3, -0.25) is 11.3 Å². The molecule has 1 aliphatic rings. The monoisotopic (exact) mass is 286 g/mol. The zero-order valence-electron chi connectivity index (χ0n) is 9.05. The van der Waals surface area contributed by atoms with Crippen molar-refractivity contribution in [1.82, 2.24) is 5.43 Å². The van der Waals surface area contributed by atoms with Gasteiger partial charge in [0.1, 0.15) is 5.82 Å². The molecule has 0 saturated heterocycles. The van der Waals surface area contributed by atoms with Gasteiger partial charge < -0.3 is 0 Å². The Morgan fingerprint density at radius 2 is 2.25 bits per heavy atom. The molecule has 1 aromatic carbocycles. The topological polar surface area (TPSA) is 38.0 Å². The fourth-order valence-electron chi connectivity index (χ4n) is 2.13. The fraction of sp³-hybridized carbons (Fsp3) is 0.500. The lowest BCUT2D eigenvalue weighted by Gasteiger charge is -2.33. The second-order valence-electron chi connectivity index (χ2n) is 4.40. The van der Waals surface area contributed by atoms with Gasteiger partial charge in [0.2, 0.25) is 0 Å². The molecule has 16 heavy (non-hydrogen) atoms. The Hall–Kier alpha value is -0.450. The largest absolute Gasteiger partial charge is 0.271 e. The van der Waals surface area contributed by atoms with Crippen molar-refractivity contribution in [2.45, 2.75) is 31.7 Å². The molecule has 1 aromatic rings. The predicted octanol–water partition coefficient (Wildman–Crippen LogP) is 2.76. The zero-order valence-corrected chi connectivity index (χ0v) is 10.6. The molecule has 0 bridgehead atoms. The molecule has 0 heterocycles. The van der Waals surface area contributed by atoms with Crippen molar-refractivity contribution in [3.8, 4) is 0 Å². The Morgan fingerprint density at radius 3 is 2.75 bits per heavy atom. The number of nitrogens with one attached hydrogen (secondary N) is 1. The summed E-state index contributed by atoms with van der Waals surface area (Å²) in [7, 11) is 0. The Morgan fingerprint density at radius 1 is 1.50 bits per heavy atom. The second kappa shape index (κ2) is 5.25. The van der Waals surface area contributed by atoms with E-state index in [4.69, 9.17) is 5.84 Å². The summed E-state index contributed by atoms with van der Waals surface area (Å²) in [5, 5.41) is 0. The van der Waals surface area contributed by atoms with E-state index in [0.717, 1.165) is 10.0 Å². The summed E-state index contributed by atoms with van der Waals surface area (Å²) in [6.07, 6.45) is 4.34. The van der Waals surface area contributed by atoms with E-state index in [1.807, 2.05) is 12.1 Å². The number of benzene rings is 1. The minimum atomic E-state index is -0.158. The highest BCUT2D eigenvalue weighted by Crippen LogP contribution is 2.31. The summed E-state index contributed by atoms with van der Waals surface area (Å²) in [6, 6.07) is 5.39. The molecule has 3 N–H and O–H groups in total. The quantitative estimate of drug-likeness (QED) is 0.660. The Bertz CT molecular complexity index is 366. The number of hydrogen-bond acceptors (Lipinski definition) is 2. The van der Waals surface area contributed by atoms with E-state index in [0.29, 0.717) is 12.3 Å². The molecule has 1 atom stereocenters. The molecule has 4 heteroatoms. The van der Waals surface area contributed by atoms with E-state index in [2.05, 4.69) is 21.4 Å². The molecule has 88 valence electrons. The third-order valence-electron chi connectivity index (χ3n) is 3.39. The van der Waals surface area contributed by atoms with Gasteiger partial charge in [-0.05, 0) is 42.9 Å². The van der Waals surface area contributed by atoms with E-state index in [1.165, 1.54) is 25.3 Å². The van der Waals surface area contributed by atoms with Gasteiger partial charge in [0.25, 0.3) is 0 Å². The Kier molecular flexibility index (Phi) is 3.95. The standard InChI is InChI=1S/C12H16BrFN2/c13-10-5-4-9(11(14)7-10)6-12(16-15)8-2-1-3-8/h4-5,7-8,12,16H,1-3,6,15H2. The fourth-order valence-corrected chi connectivity index (χ4v) is 2.46. The average molecular weight is 287 g/mol. The lowest BCUT2D eigenvalue weighted by atomic mass is 9.78. The number of nitrogens with two attached hydrogens (primary N) is 1. The third-order valence-corrected chi connectivity index (χ3v) is 3.88. The molecule has 0 amide bonds. The summed E-state index contributed by atoms with van der Waals surface area (Å²) in [6.45, 7) is 0. The van der Waals surface area contributed by atoms with Crippen molar-refractivity contribution in [3.63, 3.8) is 0 Å². The molecule has 1 aliphatic carbocycles. The molecular weight excluding hydrogens is 271 g/mol. The van der Waals surface area contributed by atoms with Crippen molar-refractivity contribution in [2.24, 2.45) is 11.8 Å². The van der Waals surface area contributed by atoms with Crippen LogP contribution < -0.4 is 11.3 Å². The van der Waals surface area contributed by atoms with Crippen molar-refractivity contribution in [3.05, 3.63) is 34.1 Å². The molecule has 0 aromatic heterocycles. The highest BCUT2D eigenvalue weighted by Gasteiger charge is 2.27. The number of hydrazine groups is 1. The van der Waals surface area contributed by atoms with Crippen molar-refractivity contribution < 1.29 is 4.39 Å². The molecule has 1 saturated carbocycles. The highest BCUT2D eigenvalue weighted by atomic mass is 79.9. The van der Waals surface area contributed by atoms with Crippen LogP contribution in [0.1, 0.15) is 24.8 Å². The second-order valence-corrected chi connectivity index (χ2v) is 5.32. The first-order valence-corrected chi connectivity index (χ1v) is 6.40. The van der Waals surface area contributed by atoms with E-state index in [9.17, 15) is 4.39 Å². The van der Waals surface area contributed by atoms with Gasteiger partial charge >= 0.3 is 0 Å². The Labute approximate surface area is 104 Å². The van der Waals surface area contributed by atoms with Crippen molar-refractivity contribution in [1.29, 1.82) is 0 Å². The molecule has 2 rings (SSSR count). The SMILES string of the molecule is NNC(Cc1ccc(Br)cc1F)C1CCC1. The Balaban J connectivity index is 2.06. The molecule has 0 aliphatic heterocycles. The van der Waals surface area contributed by atoms with Crippen LogP contribution in [0.5, 0.6) is 0 Å². The van der Waals surface area contributed by atoms with Crippen LogP contribution in [0.4, 0.5) is 4.39 Å². The third kappa shape index (κ3) is 2.62. The first-order chi connectivity index (χ1) is 7.70. The summed E-state index contributed by atoms with van der Waals surface area (Å²) in [4.78, 5) is 0. The van der Waals surface area contributed by atoms with E-state index >= 15 is 0 Å². The zero-order chi connectivity index (χ0) is 11.5. The number of rotatable bonds is 4. The van der Waals surface area contributed by atoms with Crippen LogP contribution in [0.3, 0.4) is 0 Å². The first-order valence-electron chi connectivity index (χ1n) is 5.60. The predicted molar refractivity (Wildman–Crippen MR) is 66.3 cm³/mol. The molecule has 0 radical (unpaired) electrons. The van der Waals surface area contributed by atoms with Gasteiger partial charge in [-0.15, -0.1) is 0 Å². The summed E-state index contributed by atoms with van der Waals surface area (Å²) in [5.41, 5.74) is 3.55. The number of hydrogen-bond donors (Lipinski definition) is 2. The molecule has 1 unspecified atom stereocenters. The van der Waals surface area contributed by atoms with Crippen LogP contribution in [0, 0.1) is 11.7 Å². The maximum Gasteiger partial charge on any atom is 0.127 e. The number of halogens is 2. The maximum atomic E-state index is 13.6. The summed E-state index contributed by atoms with van der Waals surface area (Å²) >= 11 is 3.25. The van der Waals surface area contributed by atoms with Crippen LogP contribution in [-0.2, 0) is 6.42 Å². The van der Waals surface area contributed by atoms with Gasteiger partial charge in [0.15, 0.2) is 0 Å². The molecule has 0 spiro atoms. The van der Waals surface area contributed by atoms with Crippen LogP contribution in [0.15, 0.2) is 22.7 Å². The lowest BCUT2D eigenvalue weighted by molar-refractivity contribution is 0.227. The van der Waals surface area contributed by atoms with Crippen LogP contribution >= 0.6 is 15.9 Å². The van der Waals surface area contributed by atoms with E-state index in [1.54, 1.807) is 0 Å². The lowest BCUT2D eigenvalue weighted by Crippen LogP contribution is -2.45. The van der Waals surface area contributed by atoms with Gasteiger partial charge in [-0.1, -0.05) is 28.4 Å². The van der Waals surface area contributed by atoms with E-state index in [-0.39, 0.29) is 11.9 Å². The van der Waals surface area contributed by atoms with Gasteiger partial charge in [-0.25, -0.2) is 4.39 Å². The summed E-state index contributed by atoms with van der Waals surface area (Å²) < 4.78 is 14.4. The summed E-state index contributed by atoms with van der Waals surface area (Å²) in [5.74, 6) is 5.98. The molecular formula is C12H16BrFN2.